The van der Waals surface area contributed by atoms with E-state index >= 15 is 0 Å². The van der Waals surface area contributed by atoms with Gasteiger partial charge in [0.15, 0.2) is 17.4 Å². The lowest BCUT2D eigenvalue weighted by Crippen LogP contribution is -2.06. The smallest absolute Gasteiger partial charge is 0.196 e. The first-order chi connectivity index (χ1) is 8.88. The van der Waals surface area contributed by atoms with Gasteiger partial charge < -0.3 is 0 Å². The minimum Gasteiger partial charge on any atom is -0.288 e. The Morgan fingerprint density at radius 1 is 0.947 bits per heavy atom. The fourth-order valence-electron chi connectivity index (χ4n) is 1.72. The maximum atomic E-state index is 13.5. The molecule has 1 nitrogen and oxygen atoms in total. The number of aryl methyl sites for hydroxylation is 1. The number of ketones is 1. The lowest BCUT2D eigenvalue weighted by atomic mass is 10.0. The molecule has 2 aromatic rings. The molecule has 0 heterocycles. The maximum absolute atomic E-state index is 13.5. The number of rotatable bonds is 2. The molecule has 0 aliphatic rings. The molecule has 19 heavy (non-hydrogen) atoms. The Morgan fingerprint density at radius 3 is 2.21 bits per heavy atom. The number of hydrogen-bond donors (Lipinski definition) is 0. The SMILES string of the molecule is Cc1cc(Cl)cc(C(=O)c2cc(F)c(F)cc2F)c1. The van der Waals surface area contributed by atoms with E-state index in [2.05, 4.69) is 0 Å². The Hall–Kier alpha value is -1.81. The first-order valence-electron chi connectivity index (χ1n) is 5.35. The minimum atomic E-state index is -1.34. The van der Waals surface area contributed by atoms with Crippen LogP contribution in [0.1, 0.15) is 21.5 Å². The summed E-state index contributed by atoms with van der Waals surface area (Å²) < 4.78 is 39.4. The van der Waals surface area contributed by atoms with Crippen LogP contribution in [0.4, 0.5) is 13.2 Å². The van der Waals surface area contributed by atoms with Crippen molar-refractivity contribution in [2.75, 3.05) is 0 Å². The van der Waals surface area contributed by atoms with Crippen LogP contribution >= 0.6 is 11.6 Å². The number of carbonyl (C=O) groups excluding carboxylic acids is 1. The highest BCUT2D eigenvalue weighted by molar-refractivity contribution is 6.31. The summed E-state index contributed by atoms with van der Waals surface area (Å²) in [4.78, 5) is 12.0. The van der Waals surface area contributed by atoms with Crippen LogP contribution in [0.5, 0.6) is 0 Å². The number of carbonyl (C=O) groups is 1. The van der Waals surface area contributed by atoms with Crippen LogP contribution in [0.3, 0.4) is 0 Å². The number of halogens is 4. The topological polar surface area (TPSA) is 17.1 Å². The second-order valence-electron chi connectivity index (χ2n) is 4.09. The molecule has 0 amide bonds. The second-order valence-corrected chi connectivity index (χ2v) is 4.53. The lowest BCUT2D eigenvalue weighted by molar-refractivity contribution is 0.103. The summed E-state index contributed by atoms with van der Waals surface area (Å²) in [5, 5.41) is 0.311. The molecular formula is C14H8ClF3O. The van der Waals surface area contributed by atoms with E-state index in [1.54, 1.807) is 13.0 Å². The fourth-order valence-corrected chi connectivity index (χ4v) is 2.01. The van der Waals surface area contributed by atoms with E-state index in [0.717, 1.165) is 0 Å². The molecule has 5 heteroatoms. The van der Waals surface area contributed by atoms with Crippen molar-refractivity contribution in [2.45, 2.75) is 6.92 Å². The van der Waals surface area contributed by atoms with Crippen molar-refractivity contribution in [1.29, 1.82) is 0 Å². The number of hydrogen-bond acceptors (Lipinski definition) is 1. The van der Waals surface area contributed by atoms with Crippen LogP contribution in [0.25, 0.3) is 0 Å². The van der Waals surface area contributed by atoms with Crippen LogP contribution in [-0.2, 0) is 0 Å². The highest BCUT2D eigenvalue weighted by Gasteiger charge is 2.18. The normalized spacial score (nSPS) is 10.6. The van der Waals surface area contributed by atoms with E-state index in [0.29, 0.717) is 22.7 Å². The molecule has 0 saturated carbocycles. The first kappa shape index (κ1) is 13.6. The van der Waals surface area contributed by atoms with Gasteiger partial charge in [-0.1, -0.05) is 11.6 Å². The van der Waals surface area contributed by atoms with Crippen molar-refractivity contribution in [3.8, 4) is 0 Å². The molecular weight excluding hydrogens is 277 g/mol. The highest BCUT2D eigenvalue weighted by atomic mass is 35.5. The van der Waals surface area contributed by atoms with E-state index in [4.69, 9.17) is 11.6 Å². The zero-order valence-corrected chi connectivity index (χ0v) is 10.6. The summed E-state index contributed by atoms with van der Waals surface area (Å²) in [7, 11) is 0. The summed E-state index contributed by atoms with van der Waals surface area (Å²) in [5.41, 5.74) is 0.300. The first-order valence-corrected chi connectivity index (χ1v) is 5.72. The van der Waals surface area contributed by atoms with Gasteiger partial charge in [-0.05, 0) is 36.8 Å². The molecule has 0 aliphatic carbocycles. The van der Waals surface area contributed by atoms with Gasteiger partial charge in [0.05, 0.1) is 5.56 Å². The van der Waals surface area contributed by atoms with Crippen LogP contribution in [0.15, 0.2) is 30.3 Å². The maximum Gasteiger partial charge on any atom is 0.196 e. The largest absolute Gasteiger partial charge is 0.288 e. The molecule has 0 bridgehead atoms. The monoisotopic (exact) mass is 284 g/mol. The van der Waals surface area contributed by atoms with Gasteiger partial charge in [0, 0.05) is 16.7 Å². The molecule has 98 valence electrons. The third-order valence-electron chi connectivity index (χ3n) is 2.56. The Balaban J connectivity index is 2.53. The molecule has 0 fully saturated rings. The third kappa shape index (κ3) is 2.79. The summed E-state index contributed by atoms with van der Waals surface area (Å²) in [6, 6.07) is 5.36. The molecule has 0 atom stereocenters. The minimum absolute atomic E-state index is 0.120. The molecule has 0 aromatic heterocycles. The molecule has 0 radical (unpaired) electrons. The molecule has 0 aliphatic heterocycles. The van der Waals surface area contributed by atoms with Gasteiger partial charge in [-0.2, -0.15) is 0 Å². The average Bonchev–Trinajstić information content (AvgIpc) is 2.31. The van der Waals surface area contributed by atoms with E-state index in [1.807, 2.05) is 0 Å². The Labute approximate surface area is 112 Å². The van der Waals surface area contributed by atoms with Crippen LogP contribution in [0.2, 0.25) is 5.02 Å². The quantitative estimate of drug-likeness (QED) is 0.594. The van der Waals surface area contributed by atoms with Crippen molar-refractivity contribution in [2.24, 2.45) is 0 Å². The van der Waals surface area contributed by atoms with E-state index in [9.17, 15) is 18.0 Å². The Kier molecular flexibility index (Phi) is 3.62. The fraction of sp³-hybridized carbons (Fsp3) is 0.0714. The molecule has 2 rings (SSSR count). The van der Waals surface area contributed by atoms with E-state index in [-0.39, 0.29) is 5.56 Å². The predicted octanol–water partition coefficient (Wildman–Crippen LogP) is 4.30. The van der Waals surface area contributed by atoms with Gasteiger partial charge >= 0.3 is 0 Å². The van der Waals surface area contributed by atoms with Gasteiger partial charge in [-0.15, -0.1) is 0 Å². The highest BCUT2D eigenvalue weighted by Crippen LogP contribution is 2.21. The van der Waals surface area contributed by atoms with Gasteiger partial charge in [0.2, 0.25) is 0 Å². The van der Waals surface area contributed by atoms with E-state index in [1.165, 1.54) is 12.1 Å². The van der Waals surface area contributed by atoms with Crippen molar-refractivity contribution in [3.05, 3.63) is 69.5 Å². The molecule has 0 spiro atoms. The van der Waals surface area contributed by atoms with Gasteiger partial charge in [0.25, 0.3) is 0 Å². The van der Waals surface area contributed by atoms with Crippen molar-refractivity contribution in [3.63, 3.8) is 0 Å². The summed E-state index contributed by atoms with van der Waals surface area (Å²) in [6.07, 6.45) is 0. The zero-order chi connectivity index (χ0) is 14.2. The standard InChI is InChI=1S/C14H8ClF3O/c1-7-2-8(4-9(15)3-7)14(19)10-5-12(17)13(18)6-11(10)16/h2-6H,1H3. The summed E-state index contributed by atoms with van der Waals surface area (Å²) >= 11 is 5.80. The summed E-state index contributed by atoms with van der Waals surface area (Å²) in [5.74, 6) is -4.47. The van der Waals surface area contributed by atoms with Crippen LogP contribution in [-0.4, -0.2) is 5.78 Å². The number of benzene rings is 2. The average molecular weight is 285 g/mol. The van der Waals surface area contributed by atoms with Crippen LogP contribution in [0, 0.1) is 24.4 Å². The predicted molar refractivity (Wildman–Crippen MR) is 65.9 cm³/mol. The summed E-state index contributed by atoms with van der Waals surface area (Å²) in [6.45, 7) is 1.71. The van der Waals surface area contributed by atoms with Crippen molar-refractivity contribution < 1.29 is 18.0 Å². The Morgan fingerprint density at radius 2 is 1.58 bits per heavy atom. The van der Waals surface area contributed by atoms with Crippen molar-refractivity contribution >= 4 is 17.4 Å². The zero-order valence-electron chi connectivity index (χ0n) is 9.81. The molecule has 0 unspecified atom stereocenters. The molecule has 0 N–H and O–H groups in total. The lowest BCUT2D eigenvalue weighted by Gasteiger charge is -2.05. The second kappa shape index (κ2) is 5.05. The van der Waals surface area contributed by atoms with E-state index < -0.39 is 28.8 Å². The van der Waals surface area contributed by atoms with Gasteiger partial charge in [-0.25, -0.2) is 13.2 Å². The van der Waals surface area contributed by atoms with Gasteiger partial charge in [-0.3, -0.25) is 4.79 Å². The van der Waals surface area contributed by atoms with Crippen molar-refractivity contribution in [1.82, 2.24) is 0 Å². The van der Waals surface area contributed by atoms with Gasteiger partial charge in [0.1, 0.15) is 5.82 Å². The Bertz CT molecular complexity index is 648. The molecule has 2 aromatic carbocycles. The molecule has 0 saturated heterocycles. The van der Waals surface area contributed by atoms with Crippen LogP contribution < -0.4 is 0 Å². The third-order valence-corrected chi connectivity index (χ3v) is 2.78.